The minimum absolute atomic E-state index is 0.0315. The van der Waals surface area contributed by atoms with Crippen LogP contribution < -0.4 is 10.1 Å². The van der Waals surface area contributed by atoms with Gasteiger partial charge in [-0.25, -0.2) is 4.79 Å². The number of hydrogen-bond acceptors (Lipinski definition) is 4. The molecule has 1 atom stereocenters. The summed E-state index contributed by atoms with van der Waals surface area (Å²) in [4.78, 5) is 23.9. The molecule has 0 saturated heterocycles. The van der Waals surface area contributed by atoms with Crippen LogP contribution in [0.5, 0.6) is 5.75 Å². The van der Waals surface area contributed by atoms with Gasteiger partial charge in [-0.1, -0.05) is 23.8 Å². The van der Waals surface area contributed by atoms with Gasteiger partial charge in [0.1, 0.15) is 5.75 Å². The third kappa shape index (κ3) is 7.90. The molecule has 0 heterocycles. The van der Waals surface area contributed by atoms with Gasteiger partial charge in [0, 0.05) is 12.6 Å². The molecule has 0 radical (unpaired) electrons. The van der Waals surface area contributed by atoms with Crippen molar-refractivity contribution in [1.82, 2.24) is 5.32 Å². The zero-order valence-electron chi connectivity index (χ0n) is 15.8. The van der Waals surface area contributed by atoms with Crippen LogP contribution in [0.15, 0.2) is 42.0 Å². The molecule has 7 heteroatoms. The van der Waals surface area contributed by atoms with Crippen molar-refractivity contribution in [2.24, 2.45) is 0 Å². The lowest BCUT2D eigenvalue weighted by Gasteiger charge is -2.15. The molecule has 0 aliphatic heterocycles. The van der Waals surface area contributed by atoms with E-state index < -0.39 is 18.7 Å². The van der Waals surface area contributed by atoms with Gasteiger partial charge in [0.15, 0.2) is 6.10 Å². The molecule has 0 unspecified atom stereocenters. The van der Waals surface area contributed by atoms with Crippen molar-refractivity contribution in [3.8, 4) is 5.75 Å². The molecule has 1 aromatic carbocycles. The molecule has 2 rings (SSSR count). The number of carbonyl (C=O) groups excluding carboxylic acids is 2. The lowest BCUT2D eigenvalue weighted by molar-refractivity contribution is -0.150. The van der Waals surface area contributed by atoms with Crippen molar-refractivity contribution in [3.63, 3.8) is 0 Å². The van der Waals surface area contributed by atoms with E-state index in [2.05, 4.69) is 16.1 Å². The second-order valence-corrected chi connectivity index (χ2v) is 6.51. The second-order valence-electron chi connectivity index (χ2n) is 6.51. The fraction of sp³-hybridized carbons (Fsp3) is 0.429. The maximum atomic E-state index is 12.1. The molecule has 1 N–H and O–H groups in total. The molecule has 0 saturated carbocycles. The van der Waals surface area contributed by atoms with Gasteiger partial charge in [0.05, 0.1) is 0 Å². The lowest BCUT2D eigenvalue weighted by atomic mass is 9.97. The van der Waals surface area contributed by atoms with Gasteiger partial charge in [-0.15, -0.1) is 0 Å². The Morgan fingerprint density at radius 1 is 1.21 bits per heavy atom. The van der Waals surface area contributed by atoms with Crippen molar-refractivity contribution in [2.75, 3.05) is 6.54 Å². The molecule has 0 bridgehead atoms. The summed E-state index contributed by atoms with van der Waals surface area (Å²) in [6.07, 6.45) is 9.40. The average Bonchev–Trinajstić information content (AvgIpc) is 2.67. The molecule has 1 aromatic rings. The van der Waals surface area contributed by atoms with E-state index in [1.54, 1.807) is 0 Å². The van der Waals surface area contributed by atoms with Gasteiger partial charge in [0.2, 0.25) is 0 Å². The summed E-state index contributed by atoms with van der Waals surface area (Å²) in [6.45, 7) is -0.851. The molecule has 0 fully saturated rings. The number of alkyl halides is 2. The summed E-state index contributed by atoms with van der Waals surface area (Å²) in [5, 5.41) is 2.77. The minimum Gasteiger partial charge on any atom is -0.449 e. The van der Waals surface area contributed by atoms with E-state index in [0.29, 0.717) is 12.1 Å². The minimum atomic E-state index is -2.89. The summed E-state index contributed by atoms with van der Waals surface area (Å²) in [7, 11) is 0. The number of halogens is 2. The lowest BCUT2D eigenvalue weighted by Crippen LogP contribution is -2.36. The van der Waals surface area contributed by atoms with Crippen LogP contribution in [0.3, 0.4) is 0 Å². The molecule has 152 valence electrons. The monoisotopic (exact) mass is 393 g/mol. The highest BCUT2D eigenvalue weighted by Gasteiger charge is 2.16. The molecular formula is C21H25F2NO4. The predicted molar refractivity (Wildman–Crippen MR) is 102 cm³/mol. The smallest absolute Gasteiger partial charge is 0.387 e. The number of rotatable bonds is 9. The Labute approximate surface area is 163 Å². The summed E-state index contributed by atoms with van der Waals surface area (Å²) in [5.74, 6) is -0.971. The average molecular weight is 393 g/mol. The van der Waals surface area contributed by atoms with Crippen LogP contribution in [0.4, 0.5) is 8.78 Å². The van der Waals surface area contributed by atoms with Crippen LogP contribution in [0.1, 0.15) is 44.6 Å². The first kappa shape index (κ1) is 21.6. The third-order valence-corrected chi connectivity index (χ3v) is 4.31. The predicted octanol–water partition coefficient (Wildman–Crippen LogP) is 4.24. The Kier molecular flexibility index (Phi) is 8.65. The molecule has 0 aromatic heterocycles. The van der Waals surface area contributed by atoms with Crippen LogP contribution in [-0.4, -0.2) is 31.1 Å². The normalized spacial score (nSPS) is 15.2. The number of ether oxygens (including phenoxy) is 2. The van der Waals surface area contributed by atoms with Crippen molar-refractivity contribution in [2.45, 2.75) is 51.7 Å². The summed E-state index contributed by atoms with van der Waals surface area (Å²) >= 11 is 0. The van der Waals surface area contributed by atoms with Crippen LogP contribution in [0.2, 0.25) is 0 Å². The number of hydrogen-bond donors (Lipinski definition) is 1. The molecular weight excluding hydrogens is 368 g/mol. The van der Waals surface area contributed by atoms with E-state index in [4.69, 9.17) is 4.74 Å². The molecule has 1 amide bonds. The van der Waals surface area contributed by atoms with Gasteiger partial charge in [0.25, 0.3) is 5.91 Å². The highest BCUT2D eigenvalue weighted by molar-refractivity contribution is 5.90. The molecule has 0 spiro atoms. The van der Waals surface area contributed by atoms with Crippen molar-refractivity contribution >= 4 is 18.0 Å². The first-order valence-electron chi connectivity index (χ1n) is 9.33. The van der Waals surface area contributed by atoms with Crippen molar-refractivity contribution in [3.05, 3.63) is 47.6 Å². The standard InChI is InChI=1S/C21H25F2NO4/c1-15(20(26)24-14-13-16-5-3-2-4-6-16)27-19(25)12-9-17-7-10-18(11-8-17)28-21(22)23/h5,7-12,15,21H,2-4,6,13-14H2,1H3,(H,24,26)/b12-9+/t15-/m0/s1. The first-order valence-corrected chi connectivity index (χ1v) is 9.33. The van der Waals surface area contributed by atoms with E-state index >= 15 is 0 Å². The summed E-state index contributed by atoms with van der Waals surface area (Å²) in [5.41, 5.74) is 1.97. The third-order valence-electron chi connectivity index (χ3n) is 4.31. The molecule has 28 heavy (non-hydrogen) atoms. The van der Waals surface area contributed by atoms with Crippen LogP contribution in [0, 0.1) is 0 Å². The van der Waals surface area contributed by atoms with E-state index in [9.17, 15) is 18.4 Å². The Morgan fingerprint density at radius 3 is 2.61 bits per heavy atom. The fourth-order valence-electron chi connectivity index (χ4n) is 2.81. The highest BCUT2D eigenvalue weighted by Crippen LogP contribution is 2.19. The molecule has 5 nitrogen and oxygen atoms in total. The maximum absolute atomic E-state index is 12.1. The van der Waals surface area contributed by atoms with Crippen molar-refractivity contribution < 1.29 is 27.8 Å². The second kappa shape index (κ2) is 11.2. The number of allylic oxidation sites excluding steroid dienone is 1. The first-order chi connectivity index (χ1) is 13.4. The van der Waals surface area contributed by atoms with Crippen LogP contribution >= 0.6 is 0 Å². The Bertz CT molecular complexity index is 714. The highest BCUT2D eigenvalue weighted by atomic mass is 19.3. The van der Waals surface area contributed by atoms with Gasteiger partial charge in [-0.2, -0.15) is 8.78 Å². The Balaban J connectivity index is 1.72. The van der Waals surface area contributed by atoms with Gasteiger partial charge < -0.3 is 14.8 Å². The quantitative estimate of drug-likeness (QED) is 0.387. The topological polar surface area (TPSA) is 64.6 Å². The fourth-order valence-corrected chi connectivity index (χ4v) is 2.81. The number of nitrogens with one attached hydrogen (secondary N) is 1. The summed E-state index contributed by atoms with van der Waals surface area (Å²) < 4.78 is 33.5. The Morgan fingerprint density at radius 2 is 1.96 bits per heavy atom. The van der Waals surface area contributed by atoms with E-state index in [1.807, 2.05) is 0 Å². The molecule has 1 aliphatic rings. The van der Waals surface area contributed by atoms with E-state index in [0.717, 1.165) is 19.3 Å². The van der Waals surface area contributed by atoms with Crippen LogP contribution in [-0.2, 0) is 14.3 Å². The Hall–Kier alpha value is -2.70. The van der Waals surface area contributed by atoms with Crippen LogP contribution in [0.25, 0.3) is 6.08 Å². The van der Waals surface area contributed by atoms with E-state index in [-0.39, 0.29) is 11.7 Å². The van der Waals surface area contributed by atoms with Gasteiger partial charge in [-0.05, 0) is 62.8 Å². The molecule has 1 aliphatic carbocycles. The van der Waals surface area contributed by atoms with Gasteiger partial charge in [-0.3, -0.25) is 4.79 Å². The number of amides is 1. The SMILES string of the molecule is C[C@H](OC(=O)/C=C/c1ccc(OC(F)F)cc1)C(=O)NCCC1=CCCCC1. The largest absolute Gasteiger partial charge is 0.449 e. The number of benzene rings is 1. The summed E-state index contributed by atoms with van der Waals surface area (Å²) in [6, 6.07) is 5.79. The number of carbonyl (C=O) groups is 2. The maximum Gasteiger partial charge on any atom is 0.387 e. The van der Waals surface area contributed by atoms with E-state index in [1.165, 1.54) is 61.8 Å². The van der Waals surface area contributed by atoms with Gasteiger partial charge >= 0.3 is 12.6 Å². The van der Waals surface area contributed by atoms with Crippen molar-refractivity contribution in [1.29, 1.82) is 0 Å². The number of esters is 1. The zero-order valence-corrected chi connectivity index (χ0v) is 15.8. The zero-order chi connectivity index (χ0) is 20.4.